The number of aromatic nitrogens is 3. The van der Waals surface area contributed by atoms with E-state index < -0.39 is 0 Å². The number of rotatable bonds is 6. The summed E-state index contributed by atoms with van der Waals surface area (Å²) in [6.07, 6.45) is 1.39. The van der Waals surface area contributed by atoms with E-state index in [-0.39, 0.29) is 24.8 Å². The molecule has 4 heterocycles. The second-order valence-electron chi connectivity index (χ2n) is 7.71. The Hall–Kier alpha value is -3.18. The van der Waals surface area contributed by atoms with Crippen molar-refractivity contribution in [3.63, 3.8) is 0 Å². The third-order valence-corrected chi connectivity index (χ3v) is 6.80. The summed E-state index contributed by atoms with van der Waals surface area (Å²) >= 11 is 1.35. The largest absolute Gasteiger partial charge is 0.454 e. The van der Waals surface area contributed by atoms with E-state index in [2.05, 4.69) is 32.0 Å². The number of likely N-dealkylation sites (N-methyl/N-ethyl adjacent to an activating group) is 1. The van der Waals surface area contributed by atoms with E-state index in [1.807, 2.05) is 18.2 Å². The van der Waals surface area contributed by atoms with Crippen molar-refractivity contribution in [2.24, 2.45) is 0 Å². The van der Waals surface area contributed by atoms with E-state index in [9.17, 15) is 9.59 Å². The summed E-state index contributed by atoms with van der Waals surface area (Å²) in [7, 11) is 0. The number of amides is 1. The van der Waals surface area contributed by atoms with Crippen molar-refractivity contribution in [1.82, 2.24) is 24.8 Å². The van der Waals surface area contributed by atoms with E-state index in [0.29, 0.717) is 28.4 Å². The Kier molecular flexibility index (Phi) is 5.66. The molecule has 2 aliphatic rings. The molecule has 10 nitrogen and oxygen atoms in total. The van der Waals surface area contributed by atoms with Crippen LogP contribution in [0.25, 0.3) is 10.3 Å². The van der Waals surface area contributed by atoms with Crippen molar-refractivity contribution in [3.8, 4) is 11.5 Å². The number of ether oxygens (including phenoxy) is 2. The summed E-state index contributed by atoms with van der Waals surface area (Å²) in [6.45, 7) is 7.35. The molecule has 0 spiro atoms. The van der Waals surface area contributed by atoms with Crippen molar-refractivity contribution in [1.29, 1.82) is 0 Å². The van der Waals surface area contributed by atoms with Gasteiger partial charge in [-0.3, -0.25) is 14.2 Å². The van der Waals surface area contributed by atoms with Gasteiger partial charge in [0.15, 0.2) is 22.3 Å². The second-order valence-corrected chi connectivity index (χ2v) is 8.69. The summed E-state index contributed by atoms with van der Waals surface area (Å²) in [4.78, 5) is 38.8. The van der Waals surface area contributed by atoms with Gasteiger partial charge in [0.1, 0.15) is 17.6 Å². The molecule has 1 saturated heterocycles. The molecule has 2 aliphatic heterocycles. The molecule has 0 unspecified atom stereocenters. The van der Waals surface area contributed by atoms with E-state index in [4.69, 9.17) is 9.47 Å². The van der Waals surface area contributed by atoms with Crippen LogP contribution in [0.2, 0.25) is 0 Å². The first-order valence-corrected chi connectivity index (χ1v) is 11.4. The van der Waals surface area contributed by atoms with Crippen LogP contribution in [0.15, 0.2) is 29.3 Å². The van der Waals surface area contributed by atoms with Gasteiger partial charge >= 0.3 is 0 Å². The highest BCUT2D eigenvalue weighted by Gasteiger charge is 2.21. The Morgan fingerprint density at radius 1 is 1.19 bits per heavy atom. The SMILES string of the molecule is CCN1CCN(c2nc3ncn(CC(=O)NCc4ccc5c(c4)OCO5)c(=O)c3s2)CC1. The average molecular weight is 457 g/mol. The number of nitrogens with zero attached hydrogens (tertiary/aromatic N) is 5. The molecule has 0 saturated carbocycles. The highest BCUT2D eigenvalue weighted by molar-refractivity contribution is 7.22. The molecule has 11 heteroatoms. The standard InChI is InChI=1S/C21H24N6O4S/c1-2-25-5-7-26(8-6-25)21-24-19-18(32-21)20(29)27(12-23-19)11-17(28)22-10-14-3-4-15-16(9-14)31-13-30-15/h3-4,9,12H,2,5-8,10-11,13H2,1H3,(H,22,28). The van der Waals surface area contributed by atoms with E-state index in [1.165, 1.54) is 22.2 Å². The van der Waals surface area contributed by atoms with Crippen molar-refractivity contribution in [2.75, 3.05) is 44.4 Å². The molecule has 1 fully saturated rings. The lowest BCUT2D eigenvalue weighted by Gasteiger charge is -2.33. The van der Waals surface area contributed by atoms with Gasteiger partial charge in [-0.2, -0.15) is 4.98 Å². The van der Waals surface area contributed by atoms with Crippen LogP contribution in [-0.4, -0.2) is 64.9 Å². The van der Waals surface area contributed by atoms with Crippen LogP contribution in [0.3, 0.4) is 0 Å². The zero-order chi connectivity index (χ0) is 22.1. The smallest absolute Gasteiger partial charge is 0.273 e. The summed E-state index contributed by atoms with van der Waals surface area (Å²) in [5.74, 6) is 1.09. The first-order chi connectivity index (χ1) is 15.6. The number of carbonyl (C=O) groups excluding carboxylic acids is 1. The number of anilines is 1. The molecule has 1 N–H and O–H groups in total. The Morgan fingerprint density at radius 2 is 2.00 bits per heavy atom. The first kappa shape index (κ1) is 20.7. The highest BCUT2D eigenvalue weighted by Crippen LogP contribution is 2.32. The van der Waals surface area contributed by atoms with Gasteiger partial charge in [0, 0.05) is 32.7 Å². The Labute approximate surface area is 188 Å². The highest BCUT2D eigenvalue weighted by atomic mass is 32.1. The lowest BCUT2D eigenvalue weighted by molar-refractivity contribution is -0.121. The minimum absolute atomic E-state index is 0.102. The zero-order valence-corrected chi connectivity index (χ0v) is 18.6. The maximum absolute atomic E-state index is 12.9. The molecule has 0 aliphatic carbocycles. The Bertz CT molecular complexity index is 1200. The molecule has 168 valence electrons. The zero-order valence-electron chi connectivity index (χ0n) is 17.7. The molecule has 2 aromatic heterocycles. The minimum atomic E-state index is -0.272. The number of thiazole rings is 1. The predicted molar refractivity (Wildman–Crippen MR) is 120 cm³/mol. The molecule has 5 rings (SSSR count). The van der Waals surface area contributed by atoms with Crippen LogP contribution in [0, 0.1) is 0 Å². The number of nitrogens with one attached hydrogen (secondary N) is 1. The van der Waals surface area contributed by atoms with E-state index in [0.717, 1.165) is 43.4 Å². The van der Waals surface area contributed by atoms with Gasteiger partial charge in [-0.05, 0) is 24.2 Å². The molecular formula is C21H24N6O4S. The van der Waals surface area contributed by atoms with Crippen LogP contribution >= 0.6 is 11.3 Å². The quantitative estimate of drug-likeness (QED) is 0.587. The fraction of sp³-hybridized carbons (Fsp3) is 0.429. The van der Waals surface area contributed by atoms with Gasteiger partial charge in [0.2, 0.25) is 12.7 Å². The fourth-order valence-electron chi connectivity index (χ4n) is 3.80. The number of hydrogen-bond acceptors (Lipinski definition) is 9. The topological polar surface area (TPSA) is 102 Å². The monoisotopic (exact) mass is 456 g/mol. The average Bonchev–Trinajstić information content (AvgIpc) is 3.47. The second kappa shape index (κ2) is 8.75. The molecular weight excluding hydrogens is 432 g/mol. The van der Waals surface area contributed by atoms with E-state index >= 15 is 0 Å². The molecule has 1 amide bonds. The number of piperazine rings is 1. The van der Waals surface area contributed by atoms with Gasteiger partial charge in [0.05, 0.1) is 0 Å². The van der Waals surface area contributed by atoms with Gasteiger partial charge < -0.3 is 24.6 Å². The van der Waals surface area contributed by atoms with Crippen LogP contribution in [0.1, 0.15) is 12.5 Å². The maximum Gasteiger partial charge on any atom is 0.273 e. The normalized spacial score (nSPS) is 16.0. The number of hydrogen-bond donors (Lipinski definition) is 1. The van der Waals surface area contributed by atoms with Crippen LogP contribution in [0.4, 0.5) is 5.13 Å². The summed E-state index contributed by atoms with van der Waals surface area (Å²) < 4.78 is 12.5. The third kappa shape index (κ3) is 4.13. The summed E-state index contributed by atoms with van der Waals surface area (Å²) in [6, 6.07) is 5.52. The van der Waals surface area contributed by atoms with Crippen LogP contribution in [-0.2, 0) is 17.9 Å². The molecule has 32 heavy (non-hydrogen) atoms. The summed E-state index contributed by atoms with van der Waals surface area (Å²) in [5, 5.41) is 3.64. The Balaban J connectivity index is 1.24. The molecule has 0 radical (unpaired) electrons. The van der Waals surface area contributed by atoms with Crippen molar-refractivity contribution in [2.45, 2.75) is 20.0 Å². The lowest BCUT2D eigenvalue weighted by Crippen LogP contribution is -2.46. The maximum atomic E-state index is 12.9. The van der Waals surface area contributed by atoms with Crippen molar-refractivity contribution >= 4 is 32.7 Å². The van der Waals surface area contributed by atoms with Gasteiger partial charge in [-0.25, -0.2) is 4.98 Å². The molecule has 3 aromatic rings. The number of fused-ring (bicyclic) bond motifs is 2. The summed E-state index contributed by atoms with van der Waals surface area (Å²) in [5.41, 5.74) is 1.08. The Morgan fingerprint density at radius 3 is 2.81 bits per heavy atom. The van der Waals surface area contributed by atoms with Crippen molar-refractivity contribution in [3.05, 3.63) is 40.4 Å². The predicted octanol–water partition coefficient (Wildman–Crippen LogP) is 1.04. The van der Waals surface area contributed by atoms with Gasteiger partial charge in [0.25, 0.3) is 5.56 Å². The molecule has 0 atom stereocenters. The lowest BCUT2D eigenvalue weighted by atomic mass is 10.2. The minimum Gasteiger partial charge on any atom is -0.454 e. The van der Waals surface area contributed by atoms with E-state index in [1.54, 1.807) is 0 Å². The van der Waals surface area contributed by atoms with Crippen LogP contribution < -0.4 is 25.2 Å². The van der Waals surface area contributed by atoms with Gasteiger partial charge in [-0.15, -0.1) is 0 Å². The van der Waals surface area contributed by atoms with Crippen molar-refractivity contribution < 1.29 is 14.3 Å². The molecule has 0 bridgehead atoms. The van der Waals surface area contributed by atoms with Gasteiger partial charge in [-0.1, -0.05) is 24.3 Å². The third-order valence-electron chi connectivity index (χ3n) is 5.70. The first-order valence-electron chi connectivity index (χ1n) is 10.6. The van der Waals surface area contributed by atoms with Crippen LogP contribution in [0.5, 0.6) is 11.5 Å². The number of benzene rings is 1. The molecule has 1 aromatic carbocycles. The number of carbonyl (C=O) groups is 1. The fourth-order valence-corrected chi connectivity index (χ4v) is 4.82.